The molecule has 0 amide bonds. The first-order valence-electron chi connectivity index (χ1n) is 8.08. The van der Waals surface area contributed by atoms with Crippen LogP contribution in [0.4, 0.5) is 0 Å². The molecule has 0 atom stereocenters. The van der Waals surface area contributed by atoms with Gasteiger partial charge in [-0.25, -0.2) is 9.48 Å². The van der Waals surface area contributed by atoms with Crippen LogP contribution in [0.25, 0.3) is 10.7 Å². The Balaban J connectivity index is 1.65. The van der Waals surface area contributed by atoms with Crippen LogP contribution in [0.5, 0.6) is 5.75 Å². The Kier molecular flexibility index (Phi) is 4.01. The predicted molar refractivity (Wildman–Crippen MR) is 95.4 cm³/mol. The molecular formula is C18H17N3O3S. The maximum Gasteiger partial charge on any atom is 0.346 e. The number of nitrogens with zero attached hydrogens (tertiary/aromatic N) is 3. The second-order valence-electron chi connectivity index (χ2n) is 5.99. The number of carbonyl (C=O) groups is 1. The normalized spacial score (nSPS) is 13.8. The highest BCUT2D eigenvalue weighted by molar-refractivity contribution is 7.13. The van der Waals surface area contributed by atoms with Crippen LogP contribution >= 0.6 is 11.3 Å². The predicted octanol–water partition coefficient (Wildman–Crippen LogP) is 3.00. The molecule has 7 heteroatoms. The summed E-state index contributed by atoms with van der Waals surface area (Å²) in [5.74, 6) is 1.19. The molecule has 0 N–H and O–H groups in total. The molecule has 3 aromatic rings. The fraction of sp³-hybridized carbons (Fsp3) is 0.278. The van der Waals surface area contributed by atoms with Crippen LogP contribution in [0, 0.1) is 0 Å². The van der Waals surface area contributed by atoms with Crippen LogP contribution in [0.15, 0.2) is 46.6 Å². The van der Waals surface area contributed by atoms with Crippen molar-refractivity contribution in [2.75, 3.05) is 7.11 Å². The van der Waals surface area contributed by atoms with E-state index in [0.717, 1.165) is 17.7 Å². The van der Waals surface area contributed by atoms with Gasteiger partial charge in [0.2, 0.25) is 0 Å². The van der Waals surface area contributed by atoms with Gasteiger partial charge in [0.25, 0.3) is 0 Å². The molecule has 0 bridgehead atoms. The summed E-state index contributed by atoms with van der Waals surface area (Å²) >= 11 is 1.54. The van der Waals surface area contributed by atoms with E-state index in [1.54, 1.807) is 47.3 Å². The number of methoxy groups -OCH3 is 1. The van der Waals surface area contributed by atoms with E-state index in [9.17, 15) is 9.59 Å². The SMILES string of the molecule is COc1ccc(C(=O)Cn2nc(-c3cccs3)n(C3CC3)c2=O)cc1. The molecule has 6 nitrogen and oxygen atoms in total. The van der Waals surface area contributed by atoms with Crippen LogP contribution < -0.4 is 10.4 Å². The molecule has 0 radical (unpaired) electrons. The van der Waals surface area contributed by atoms with Gasteiger partial charge in [0.1, 0.15) is 12.3 Å². The lowest BCUT2D eigenvalue weighted by molar-refractivity contribution is 0.0966. The number of ketones is 1. The number of Topliss-reactive ketones (excluding diaryl/α,β-unsaturated/α-hetero) is 1. The Morgan fingerprint density at radius 1 is 1.28 bits per heavy atom. The van der Waals surface area contributed by atoms with Crippen molar-refractivity contribution in [1.29, 1.82) is 0 Å². The van der Waals surface area contributed by atoms with Crippen LogP contribution in [0.1, 0.15) is 29.2 Å². The Labute approximate surface area is 148 Å². The molecule has 25 heavy (non-hydrogen) atoms. The third kappa shape index (κ3) is 3.02. The largest absolute Gasteiger partial charge is 0.497 e. The summed E-state index contributed by atoms with van der Waals surface area (Å²) in [6, 6.07) is 10.9. The van der Waals surface area contributed by atoms with Crippen molar-refractivity contribution in [3.8, 4) is 16.5 Å². The lowest BCUT2D eigenvalue weighted by Gasteiger charge is -2.02. The van der Waals surface area contributed by atoms with Gasteiger partial charge in [-0.3, -0.25) is 9.36 Å². The van der Waals surface area contributed by atoms with Crippen molar-refractivity contribution in [2.24, 2.45) is 0 Å². The maximum absolute atomic E-state index is 12.7. The van der Waals surface area contributed by atoms with Gasteiger partial charge in [-0.2, -0.15) is 0 Å². The monoisotopic (exact) mass is 355 g/mol. The minimum absolute atomic E-state index is 0.0662. The Hall–Kier alpha value is -2.67. The number of ether oxygens (including phenoxy) is 1. The van der Waals surface area contributed by atoms with Crippen molar-refractivity contribution >= 4 is 17.1 Å². The Morgan fingerprint density at radius 3 is 2.64 bits per heavy atom. The van der Waals surface area contributed by atoms with E-state index in [-0.39, 0.29) is 24.1 Å². The fourth-order valence-corrected chi connectivity index (χ4v) is 3.47. The van der Waals surface area contributed by atoms with E-state index in [4.69, 9.17) is 4.74 Å². The lowest BCUT2D eigenvalue weighted by Crippen LogP contribution is -2.27. The minimum Gasteiger partial charge on any atom is -0.497 e. The van der Waals surface area contributed by atoms with Gasteiger partial charge in [-0.05, 0) is 48.6 Å². The van der Waals surface area contributed by atoms with Gasteiger partial charge >= 0.3 is 5.69 Å². The van der Waals surface area contributed by atoms with Crippen molar-refractivity contribution in [3.05, 3.63) is 57.8 Å². The molecule has 1 aliphatic rings. The van der Waals surface area contributed by atoms with E-state index in [1.165, 1.54) is 4.68 Å². The molecule has 128 valence electrons. The third-order valence-corrected chi connectivity index (χ3v) is 5.10. The molecular weight excluding hydrogens is 338 g/mol. The number of benzene rings is 1. The number of hydrogen-bond donors (Lipinski definition) is 0. The first-order valence-corrected chi connectivity index (χ1v) is 8.96. The van der Waals surface area contributed by atoms with E-state index in [1.807, 2.05) is 17.5 Å². The highest BCUT2D eigenvalue weighted by Gasteiger charge is 2.31. The van der Waals surface area contributed by atoms with Gasteiger partial charge < -0.3 is 4.74 Å². The Bertz CT molecular complexity index is 951. The summed E-state index contributed by atoms with van der Waals surface area (Å²) in [6.45, 7) is -0.0662. The molecule has 4 rings (SSSR count). The number of aromatic nitrogens is 3. The lowest BCUT2D eigenvalue weighted by atomic mass is 10.1. The molecule has 0 aliphatic heterocycles. The molecule has 2 aromatic heterocycles. The quantitative estimate of drug-likeness (QED) is 0.638. The maximum atomic E-state index is 12.7. The van der Waals surface area contributed by atoms with Gasteiger partial charge in [-0.15, -0.1) is 16.4 Å². The smallest absolute Gasteiger partial charge is 0.346 e. The van der Waals surface area contributed by atoms with Crippen molar-refractivity contribution < 1.29 is 9.53 Å². The third-order valence-electron chi connectivity index (χ3n) is 4.23. The molecule has 1 aromatic carbocycles. The van der Waals surface area contributed by atoms with E-state index in [2.05, 4.69) is 5.10 Å². The number of hydrogen-bond acceptors (Lipinski definition) is 5. The first-order chi connectivity index (χ1) is 12.2. The van der Waals surface area contributed by atoms with Gasteiger partial charge in [0.15, 0.2) is 11.6 Å². The summed E-state index contributed by atoms with van der Waals surface area (Å²) in [4.78, 5) is 26.2. The van der Waals surface area contributed by atoms with Crippen molar-refractivity contribution in [2.45, 2.75) is 25.4 Å². The summed E-state index contributed by atoms with van der Waals surface area (Å²) in [7, 11) is 1.58. The zero-order valence-corrected chi connectivity index (χ0v) is 14.5. The topological polar surface area (TPSA) is 66.1 Å². The molecule has 0 saturated heterocycles. The van der Waals surface area contributed by atoms with Crippen molar-refractivity contribution in [1.82, 2.24) is 14.3 Å². The average molecular weight is 355 g/mol. The van der Waals surface area contributed by atoms with Crippen LogP contribution in [-0.4, -0.2) is 27.2 Å². The highest BCUT2D eigenvalue weighted by atomic mass is 32.1. The van der Waals surface area contributed by atoms with Crippen molar-refractivity contribution in [3.63, 3.8) is 0 Å². The zero-order valence-electron chi connectivity index (χ0n) is 13.7. The minimum atomic E-state index is -0.215. The van der Waals surface area contributed by atoms with Gasteiger partial charge in [-0.1, -0.05) is 6.07 Å². The molecule has 1 saturated carbocycles. The summed E-state index contributed by atoms with van der Waals surface area (Å²) in [6.07, 6.45) is 1.97. The molecule has 2 heterocycles. The number of carbonyl (C=O) groups excluding carboxylic acids is 1. The average Bonchev–Trinajstić information content (AvgIpc) is 3.21. The Morgan fingerprint density at radius 2 is 2.04 bits per heavy atom. The fourth-order valence-electron chi connectivity index (χ4n) is 2.76. The summed E-state index contributed by atoms with van der Waals surface area (Å²) < 4.78 is 8.11. The first kappa shape index (κ1) is 15.8. The second-order valence-corrected chi connectivity index (χ2v) is 6.94. The highest BCUT2D eigenvalue weighted by Crippen LogP contribution is 2.37. The van der Waals surface area contributed by atoms with Crippen LogP contribution in [0.3, 0.4) is 0 Å². The van der Waals surface area contributed by atoms with E-state index in [0.29, 0.717) is 17.1 Å². The molecule has 0 spiro atoms. The van der Waals surface area contributed by atoms with Crippen LogP contribution in [0.2, 0.25) is 0 Å². The molecule has 1 aliphatic carbocycles. The molecule has 1 fully saturated rings. The van der Waals surface area contributed by atoms with Gasteiger partial charge in [0, 0.05) is 11.6 Å². The standard InChI is InChI=1S/C18H17N3O3S/c1-24-14-8-4-12(5-9-14)15(22)11-20-18(23)21(13-6-7-13)17(19-20)16-3-2-10-25-16/h2-5,8-10,13H,6-7,11H2,1H3. The summed E-state index contributed by atoms with van der Waals surface area (Å²) in [5, 5.41) is 6.40. The summed E-state index contributed by atoms with van der Waals surface area (Å²) in [5.41, 5.74) is 0.319. The van der Waals surface area contributed by atoms with Crippen LogP contribution in [-0.2, 0) is 6.54 Å². The van der Waals surface area contributed by atoms with E-state index < -0.39 is 0 Å². The number of rotatable bonds is 6. The van der Waals surface area contributed by atoms with Gasteiger partial charge in [0.05, 0.1) is 12.0 Å². The second kappa shape index (κ2) is 6.33. The molecule has 0 unspecified atom stereocenters. The number of thiophene rings is 1. The zero-order chi connectivity index (χ0) is 17.4. The van der Waals surface area contributed by atoms with E-state index >= 15 is 0 Å².